The van der Waals surface area contributed by atoms with Crippen molar-refractivity contribution in [1.29, 1.82) is 0 Å². The lowest BCUT2D eigenvalue weighted by Gasteiger charge is -1.95. The summed E-state index contributed by atoms with van der Waals surface area (Å²) in [6.45, 7) is 4.01. The molecule has 0 radical (unpaired) electrons. The molecule has 0 bridgehead atoms. The van der Waals surface area contributed by atoms with Gasteiger partial charge in [-0.1, -0.05) is 6.92 Å². The van der Waals surface area contributed by atoms with E-state index in [1.165, 1.54) is 0 Å². The van der Waals surface area contributed by atoms with E-state index >= 15 is 0 Å². The standard InChI is InChI=1S/C11H12FN/c1-3-9-6-10-7(2)4-8(12)5-11(10)13-9/h4-6,13H,3H2,1-2H3. The predicted molar refractivity (Wildman–Crippen MR) is 52.4 cm³/mol. The highest BCUT2D eigenvalue weighted by Crippen LogP contribution is 2.21. The molecule has 0 atom stereocenters. The van der Waals surface area contributed by atoms with Crippen LogP contribution in [-0.2, 0) is 6.42 Å². The molecule has 0 aliphatic heterocycles. The molecule has 0 fully saturated rings. The van der Waals surface area contributed by atoms with Crippen molar-refractivity contribution >= 4 is 10.9 Å². The quantitative estimate of drug-likeness (QED) is 0.688. The normalized spacial score (nSPS) is 11.0. The summed E-state index contributed by atoms with van der Waals surface area (Å²) in [5.41, 5.74) is 3.05. The topological polar surface area (TPSA) is 15.8 Å². The van der Waals surface area contributed by atoms with Gasteiger partial charge in [-0.2, -0.15) is 0 Å². The molecule has 2 aromatic rings. The van der Waals surface area contributed by atoms with Crippen LogP contribution in [0.5, 0.6) is 0 Å². The van der Waals surface area contributed by atoms with Crippen LogP contribution in [0.25, 0.3) is 10.9 Å². The molecule has 0 spiro atoms. The molecule has 2 heteroatoms. The van der Waals surface area contributed by atoms with E-state index in [0.29, 0.717) is 0 Å². The molecule has 0 aliphatic rings. The maximum atomic E-state index is 13.0. The third-order valence-corrected chi connectivity index (χ3v) is 2.35. The summed E-state index contributed by atoms with van der Waals surface area (Å²) < 4.78 is 13.0. The van der Waals surface area contributed by atoms with Crippen LogP contribution in [0.15, 0.2) is 18.2 Å². The summed E-state index contributed by atoms with van der Waals surface area (Å²) in [5.74, 6) is -0.172. The van der Waals surface area contributed by atoms with Gasteiger partial charge in [0.15, 0.2) is 0 Å². The van der Waals surface area contributed by atoms with Crippen LogP contribution in [0.4, 0.5) is 4.39 Å². The Balaban J connectivity index is 2.75. The fourth-order valence-corrected chi connectivity index (χ4v) is 1.62. The summed E-state index contributed by atoms with van der Waals surface area (Å²) in [7, 11) is 0. The molecule has 68 valence electrons. The van der Waals surface area contributed by atoms with Crippen LogP contribution in [-0.4, -0.2) is 4.98 Å². The van der Waals surface area contributed by atoms with Crippen LogP contribution in [0.2, 0.25) is 0 Å². The molecule has 13 heavy (non-hydrogen) atoms. The average molecular weight is 177 g/mol. The number of aromatic nitrogens is 1. The SMILES string of the molecule is CCc1cc2c(C)cc(F)cc2[nH]1. The number of nitrogens with one attached hydrogen (secondary N) is 1. The van der Waals surface area contributed by atoms with Crippen LogP contribution < -0.4 is 0 Å². The van der Waals surface area contributed by atoms with Gasteiger partial charge in [-0.3, -0.25) is 0 Å². The number of rotatable bonds is 1. The lowest BCUT2D eigenvalue weighted by atomic mass is 10.1. The zero-order valence-electron chi connectivity index (χ0n) is 7.82. The number of H-pyrrole nitrogens is 1. The Morgan fingerprint density at radius 3 is 2.77 bits per heavy atom. The number of hydrogen-bond acceptors (Lipinski definition) is 0. The number of fused-ring (bicyclic) bond motifs is 1. The number of halogens is 1. The molecular formula is C11H12FN. The Morgan fingerprint density at radius 1 is 1.31 bits per heavy atom. The van der Waals surface area contributed by atoms with E-state index in [4.69, 9.17) is 0 Å². The van der Waals surface area contributed by atoms with E-state index in [2.05, 4.69) is 18.0 Å². The Kier molecular flexibility index (Phi) is 1.83. The van der Waals surface area contributed by atoms with Crippen molar-refractivity contribution in [2.75, 3.05) is 0 Å². The van der Waals surface area contributed by atoms with Gasteiger partial charge in [-0.15, -0.1) is 0 Å². The van der Waals surface area contributed by atoms with Gasteiger partial charge < -0.3 is 4.98 Å². The van der Waals surface area contributed by atoms with Crippen molar-refractivity contribution in [2.24, 2.45) is 0 Å². The summed E-state index contributed by atoms with van der Waals surface area (Å²) >= 11 is 0. The second-order valence-electron chi connectivity index (χ2n) is 3.33. The van der Waals surface area contributed by atoms with E-state index in [1.807, 2.05) is 6.92 Å². The first-order valence-electron chi connectivity index (χ1n) is 4.48. The Morgan fingerprint density at radius 2 is 2.08 bits per heavy atom. The number of benzene rings is 1. The smallest absolute Gasteiger partial charge is 0.125 e. The van der Waals surface area contributed by atoms with Crippen molar-refractivity contribution in [3.8, 4) is 0 Å². The van der Waals surface area contributed by atoms with Crippen LogP contribution in [0, 0.1) is 12.7 Å². The second-order valence-corrected chi connectivity index (χ2v) is 3.33. The highest BCUT2D eigenvalue weighted by Gasteiger charge is 2.03. The molecule has 1 aromatic carbocycles. The molecule has 0 aliphatic carbocycles. The van der Waals surface area contributed by atoms with E-state index in [9.17, 15) is 4.39 Å². The zero-order chi connectivity index (χ0) is 9.42. The lowest BCUT2D eigenvalue weighted by molar-refractivity contribution is 0.628. The Bertz CT molecular complexity index is 443. The third-order valence-electron chi connectivity index (χ3n) is 2.35. The van der Waals surface area contributed by atoms with Crippen molar-refractivity contribution in [3.63, 3.8) is 0 Å². The number of aryl methyl sites for hydroxylation is 2. The molecule has 1 aromatic heterocycles. The van der Waals surface area contributed by atoms with Crippen molar-refractivity contribution in [1.82, 2.24) is 4.98 Å². The Labute approximate surface area is 76.6 Å². The molecule has 0 amide bonds. The molecular weight excluding hydrogens is 165 g/mol. The maximum Gasteiger partial charge on any atom is 0.125 e. The van der Waals surface area contributed by atoms with Gasteiger partial charge in [0.1, 0.15) is 5.82 Å². The second kappa shape index (κ2) is 2.87. The molecule has 0 unspecified atom stereocenters. The van der Waals surface area contributed by atoms with E-state index < -0.39 is 0 Å². The van der Waals surface area contributed by atoms with E-state index in [-0.39, 0.29) is 5.82 Å². The minimum atomic E-state index is -0.172. The van der Waals surface area contributed by atoms with Crippen LogP contribution in [0.3, 0.4) is 0 Å². The summed E-state index contributed by atoms with van der Waals surface area (Å²) in [6.07, 6.45) is 0.954. The number of hydrogen-bond donors (Lipinski definition) is 1. The van der Waals surface area contributed by atoms with Crippen LogP contribution >= 0.6 is 0 Å². The van der Waals surface area contributed by atoms with Gasteiger partial charge in [0, 0.05) is 16.6 Å². The lowest BCUT2D eigenvalue weighted by Crippen LogP contribution is -1.79. The monoisotopic (exact) mass is 177 g/mol. The molecule has 1 nitrogen and oxygen atoms in total. The first kappa shape index (κ1) is 8.30. The largest absolute Gasteiger partial charge is 0.358 e. The predicted octanol–water partition coefficient (Wildman–Crippen LogP) is 3.18. The van der Waals surface area contributed by atoms with Gasteiger partial charge in [-0.25, -0.2) is 4.39 Å². The molecule has 1 heterocycles. The molecule has 0 saturated carbocycles. The minimum absolute atomic E-state index is 0.172. The first-order chi connectivity index (χ1) is 6.20. The Hall–Kier alpha value is -1.31. The third kappa shape index (κ3) is 1.32. The van der Waals surface area contributed by atoms with Crippen molar-refractivity contribution < 1.29 is 4.39 Å². The van der Waals surface area contributed by atoms with Gasteiger partial charge >= 0.3 is 0 Å². The molecule has 0 saturated heterocycles. The van der Waals surface area contributed by atoms with E-state index in [1.54, 1.807) is 12.1 Å². The van der Waals surface area contributed by atoms with Crippen molar-refractivity contribution in [3.05, 3.63) is 35.3 Å². The minimum Gasteiger partial charge on any atom is -0.358 e. The van der Waals surface area contributed by atoms with E-state index in [0.717, 1.165) is 28.6 Å². The van der Waals surface area contributed by atoms with Gasteiger partial charge in [0.05, 0.1) is 0 Å². The summed E-state index contributed by atoms with van der Waals surface area (Å²) in [6, 6.07) is 5.20. The van der Waals surface area contributed by atoms with Gasteiger partial charge in [-0.05, 0) is 37.1 Å². The van der Waals surface area contributed by atoms with Crippen LogP contribution in [0.1, 0.15) is 18.2 Å². The number of aromatic amines is 1. The zero-order valence-corrected chi connectivity index (χ0v) is 7.82. The van der Waals surface area contributed by atoms with Gasteiger partial charge in [0.2, 0.25) is 0 Å². The summed E-state index contributed by atoms with van der Waals surface area (Å²) in [4.78, 5) is 3.19. The first-order valence-corrected chi connectivity index (χ1v) is 4.48. The highest BCUT2D eigenvalue weighted by molar-refractivity contribution is 5.83. The fourth-order valence-electron chi connectivity index (χ4n) is 1.62. The van der Waals surface area contributed by atoms with Crippen molar-refractivity contribution in [2.45, 2.75) is 20.3 Å². The van der Waals surface area contributed by atoms with Gasteiger partial charge in [0.25, 0.3) is 0 Å². The maximum absolute atomic E-state index is 13.0. The highest BCUT2D eigenvalue weighted by atomic mass is 19.1. The molecule has 1 N–H and O–H groups in total. The fraction of sp³-hybridized carbons (Fsp3) is 0.273. The average Bonchev–Trinajstić information content (AvgIpc) is 2.47. The molecule has 2 rings (SSSR count). The summed E-state index contributed by atoms with van der Waals surface area (Å²) in [5, 5.41) is 1.12.